The predicted octanol–water partition coefficient (Wildman–Crippen LogP) is 1.74. The molecule has 98 valence electrons. The van der Waals surface area contributed by atoms with E-state index in [4.69, 9.17) is 0 Å². The van der Waals surface area contributed by atoms with Gasteiger partial charge < -0.3 is 14.9 Å². The number of aromatic hydroxyl groups is 1. The Hall–Kier alpha value is -1.55. The lowest BCUT2D eigenvalue weighted by atomic mass is 10.1. The molecule has 1 heterocycles. The molecule has 4 heteroatoms. The van der Waals surface area contributed by atoms with Gasteiger partial charge in [-0.1, -0.05) is 0 Å². The van der Waals surface area contributed by atoms with Gasteiger partial charge in [-0.25, -0.2) is 0 Å². The average Bonchev–Trinajstić information content (AvgIpc) is 2.32. The van der Waals surface area contributed by atoms with Crippen molar-refractivity contribution in [1.29, 1.82) is 0 Å². The molecule has 1 aliphatic rings. The Balaban J connectivity index is 2.19. The number of carbonyl (C=O) groups is 1. The highest BCUT2D eigenvalue weighted by Crippen LogP contribution is 2.26. The summed E-state index contributed by atoms with van der Waals surface area (Å²) >= 11 is 0. The number of benzene rings is 1. The fourth-order valence-corrected chi connectivity index (χ4v) is 2.30. The molecule has 1 aliphatic heterocycles. The Morgan fingerprint density at radius 2 is 2.11 bits per heavy atom. The number of Topliss-reactive ketones (excluding diaryl/α,β-unsaturated/α-hetero) is 1. The van der Waals surface area contributed by atoms with Crippen LogP contribution in [0.2, 0.25) is 0 Å². The molecule has 0 amide bonds. The lowest BCUT2D eigenvalue weighted by Gasteiger charge is -2.39. The van der Waals surface area contributed by atoms with Crippen molar-refractivity contribution in [2.45, 2.75) is 19.9 Å². The van der Waals surface area contributed by atoms with E-state index in [2.05, 4.69) is 23.8 Å². The third kappa shape index (κ3) is 2.48. The van der Waals surface area contributed by atoms with Crippen LogP contribution in [0.5, 0.6) is 5.75 Å². The Kier molecular flexibility index (Phi) is 3.57. The fourth-order valence-electron chi connectivity index (χ4n) is 2.30. The highest BCUT2D eigenvalue weighted by molar-refractivity contribution is 5.97. The minimum Gasteiger partial charge on any atom is -0.507 e. The predicted molar refractivity (Wildman–Crippen MR) is 72.4 cm³/mol. The van der Waals surface area contributed by atoms with E-state index >= 15 is 0 Å². The molecule has 1 fully saturated rings. The van der Waals surface area contributed by atoms with Gasteiger partial charge in [0.25, 0.3) is 0 Å². The van der Waals surface area contributed by atoms with E-state index in [0.29, 0.717) is 11.6 Å². The van der Waals surface area contributed by atoms with Crippen LogP contribution in [0.3, 0.4) is 0 Å². The highest BCUT2D eigenvalue weighted by atomic mass is 16.3. The molecule has 0 aromatic heterocycles. The Morgan fingerprint density at radius 3 is 2.67 bits per heavy atom. The van der Waals surface area contributed by atoms with Gasteiger partial charge in [0, 0.05) is 37.4 Å². The van der Waals surface area contributed by atoms with Crippen LogP contribution in [-0.4, -0.2) is 48.5 Å². The van der Waals surface area contributed by atoms with Crippen LogP contribution in [0.15, 0.2) is 18.2 Å². The van der Waals surface area contributed by atoms with Crippen molar-refractivity contribution in [1.82, 2.24) is 4.90 Å². The lowest BCUT2D eigenvalue weighted by molar-refractivity contribution is 0.101. The van der Waals surface area contributed by atoms with E-state index < -0.39 is 0 Å². The van der Waals surface area contributed by atoms with Crippen molar-refractivity contribution in [3.63, 3.8) is 0 Å². The standard InChI is InChI=1S/C14H20N2O2/c1-10-9-16(7-6-15(10)3)12-4-5-13(11(2)17)14(18)8-12/h4-5,8,10,18H,6-7,9H2,1-3H3. The average molecular weight is 248 g/mol. The minimum atomic E-state index is -0.106. The van der Waals surface area contributed by atoms with Crippen molar-refractivity contribution < 1.29 is 9.90 Å². The molecular weight excluding hydrogens is 228 g/mol. The van der Waals surface area contributed by atoms with Crippen LogP contribution < -0.4 is 4.90 Å². The number of rotatable bonds is 2. The highest BCUT2D eigenvalue weighted by Gasteiger charge is 2.21. The number of nitrogens with zero attached hydrogens (tertiary/aromatic N) is 2. The molecule has 2 rings (SSSR count). The summed E-state index contributed by atoms with van der Waals surface area (Å²) in [7, 11) is 2.12. The molecule has 1 N–H and O–H groups in total. The second kappa shape index (κ2) is 4.98. The number of carbonyl (C=O) groups excluding carboxylic acids is 1. The van der Waals surface area contributed by atoms with E-state index in [0.717, 1.165) is 25.3 Å². The Bertz CT molecular complexity index is 459. The van der Waals surface area contributed by atoms with Crippen molar-refractivity contribution in [2.75, 3.05) is 31.6 Å². The first-order valence-electron chi connectivity index (χ1n) is 6.28. The Morgan fingerprint density at radius 1 is 1.39 bits per heavy atom. The van der Waals surface area contributed by atoms with Crippen LogP contribution in [0.25, 0.3) is 0 Å². The minimum absolute atomic E-state index is 0.0755. The van der Waals surface area contributed by atoms with Crippen molar-refractivity contribution >= 4 is 11.5 Å². The summed E-state index contributed by atoms with van der Waals surface area (Å²) in [5, 5.41) is 9.85. The Labute approximate surface area is 108 Å². The summed E-state index contributed by atoms with van der Waals surface area (Å²) in [6.45, 7) is 6.55. The SMILES string of the molecule is CC(=O)c1ccc(N2CCN(C)C(C)C2)cc1O. The number of phenolic OH excluding ortho intramolecular Hbond substituents is 1. The van der Waals surface area contributed by atoms with E-state index in [1.807, 2.05) is 6.07 Å². The number of hydrogen-bond acceptors (Lipinski definition) is 4. The summed E-state index contributed by atoms with van der Waals surface area (Å²) in [5.74, 6) is -0.0302. The molecule has 1 aromatic carbocycles. The third-order valence-electron chi connectivity index (χ3n) is 3.69. The normalized spacial score (nSPS) is 21.1. The molecule has 1 atom stereocenters. The zero-order valence-electron chi connectivity index (χ0n) is 11.2. The number of piperazine rings is 1. The molecule has 0 spiro atoms. The van der Waals surface area contributed by atoms with E-state index in [1.165, 1.54) is 6.92 Å². The molecule has 1 saturated heterocycles. The second-order valence-electron chi connectivity index (χ2n) is 5.03. The van der Waals surface area contributed by atoms with Crippen LogP contribution in [0.4, 0.5) is 5.69 Å². The quantitative estimate of drug-likeness (QED) is 0.810. The maximum absolute atomic E-state index is 11.3. The first-order valence-corrected chi connectivity index (χ1v) is 6.28. The smallest absolute Gasteiger partial charge is 0.163 e. The van der Waals surface area contributed by atoms with E-state index in [-0.39, 0.29) is 11.5 Å². The fraction of sp³-hybridized carbons (Fsp3) is 0.500. The van der Waals surface area contributed by atoms with Crippen molar-refractivity contribution in [3.8, 4) is 5.75 Å². The number of hydrogen-bond donors (Lipinski definition) is 1. The molecule has 0 radical (unpaired) electrons. The molecule has 0 saturated carbocycles. The first-order chi connectivity index (χ1) is 8.49. The topological polar surface area (TPSA) is 43.8 Å². The lowest BCUT2D eigenvalue weighted by Crippen LogP contribution is -2.50. The van der Waals surface area contributed by atoms with Crippen LogP contribution in [0, 0.1) is 0 Å². The van der Waals surface area contributed by atoms with Crippen LogP contribution >= 0.6 is 0 Å². The van der Waals surface area contributed by atoms with Gasteiger partial charge >= 0.3 is 0 Å². The molecule has 0 aliphatic carbocycles. The molecule has 1 unspecified atom stereocenters. The summed E-state index contributed by atoms with van der Waals surface area (Å²) in [6.07, 6.45) is 0. The summed E-state index contributed by atoms with van der Waals surface area (Å²) in [4.78, 5) is 15.8. The van der Waals surface area contributed by atoms with Gasteiger partial charge in [0.15, 0.2) is 5.78 Å². The number of likely N-dealkylation sites (N-methyl/N-ethyl adjacent to an activating group) is 1. The zero-order valence-corrected chi connectivity index (χ0v) is 11.2. The number of phenols is 1. The maximum Gasteiger partial charge on any atom is 0.163 e. The van der Waals surface area contributed by atoms with Gasteiger partial charge in [-0.2, -0.15) is 0 Å². The molecule has 18 heavy (non-hydrogen) atoms. The zero-order chi connectivity index (χ0) is 13.3. The molecule has 0 bridgehead atoms. The molecule has 4 nitrogen and oxygen atoms in total. The monoisotopic (exact) mass is 248 g/mol. The van der Waals surface area contributed by atoms with E-state index in [9.17, 15) is 9.90 Å². The number of ketones is 1. The van der Waals surface area contributed by atoms with Gasteiger partial charge in [-0.05, 0) is 33.0 Å². The molecular formula is C14H20N2O2. The van der Waals surface area contributed by atoms with Gasteiger partial charge in [-0.3, -0.25) is 4.79 Å². The van der Waals surface area contributed by atoms with Gasteiger partial charge in [0.05, 0.1) is 5.56 Å². The van der Waals surface area contributed by atoms with Gasteiger partial charge in [0.1, 0.15) is 5.75 Å². The summed E-state index contributed by atoms with van der Waals surface area (Å²) in [5.41, 5.74) is 1.37. The third-order valence-corrected chi connectivity index (χ3v) is 3.69. The van der Waals surface area contributed by atoms with Gasteiger partial charge in [0.2, 0.25) is 0 Å². The van der Waals surface area contributed by atoms with Crippen LogP contribution in [-0.2, 0) is 0 Å². The first kappa shape index (κ1) is 12.9. The summed E-state index contributed by atoms with van der Waals surface area (Å²) < 4.78 is 0. The van der Waals surface area contributed by atoms with Crippen molar-refractivity contribution in [3.05, 3.63) is 23.8 Å². The maximum atomic E-state index is 11.3. The second-order valence-corrected chi connectivity index (χ2v) is 5.03. The largest absolute Gasteiger partial charge is 0.507 e. The van der Waals surface area contributed by atoms with Crippen molar-refractivity contribution in [2.24, 2.45) is 0 Å². The van der Waals surface area contributed by atoms with E-state index in [1.54, 1.807) is 12.1 Å². The molecule has 1 aromatic rings. The van der Waals surface area contributed by atoms with Gasteiger partial charge in [-0.15, -0.1) is 0 Å². The number of anilines is 1. The van der Waals surface area contributed by atoms with Crippen LogP contribution in [0.1, 0.15) is 24.2 Å². The summed E-state index contributed by atoms with van der Waals surface area (Å²) in [6, 6.07) is 5.80.